The molecule has 0 saturated heterocycles. The van der Waals surface area contributed by atoms with Crippen LogP contribution in [-0.2, 0) is 10.0 Å². The van der Waals surface area contributed by atoms with Crippen LogP contribution >= 0.6 is 11.3 Å². The number of benzene rings is 1. The highest BCUT2D eigenvalue weighted by Crippen LogP contribution is 2.20. The molecule has 1 aliphatic carbocycles. The summed E-state index contributed by atoms with van der Waals surface area (Å²) in [5.74, 6) is -0.284. The van der Waals surface area contributed by atoms with Gasteiger partial charge in [0.1, 0.15) is 0 Å². The molecule has 3 rings (SSSR count). The van der Waals surface area contributed by atoms with Crippen LogP contribution in [0.3, 0.4) is 0 Å². The average Bonchev–Trinajstić information content (AvgIpc) is 3.12. The highest BCUT2D eigenvalue weighted by Gasteiger charge is 2.21. The quantitative estimate of drug-likeness (QED) is 0.423. The number of carbonyl (C=O) groups is 1. The highest BCUT2D eigenvalue weighted by atomic mass is 32.2. The molecule has 1 aliphatic rings. The van der Waals surface area contributed by atoms with Crippen LogP contribution in [0.15, 0.2) is 51.8 Å². The van der Waals surface area contributed by atoms with E-state index in [1.165, 1.54) is 24.2 Å². The van der Waals surface area contributed by atoms with Crippen LogP contribution in [0.4, 0.5) is 0 Å². The standard InChI is InChI=1S/C20H25N3O3S2/c1-15(21-22-20(24)19-12-7-13-27-19)16-8-6-11-18(14-16)28(25,26)23-17-9-4-2-3-5-10-17/h6-8,11-14,17,23H,2-5,9-10H2,1H3,(H,22,24)/b21-15-. The van der Waals surface area contributed by atoms with Gasteiger partial charge in [0.25, 0.3) is 5.91 Å². The molecule has 1 fully saturated rings. The summed E-state index contributed by atoms with van der Waals surface area (Å²) in [7, 11) is -3.59. The first-order chi connectivity index (χ1) is 13.5. The van der Waals surface area contributed by atoms with Crippen LogP contribution in [0.5, 0.6) is 0 Å². The molecule has 0 atom stereocenters. The molecule has 8 heteroatoms. The average molecular weight is 420 g/mol. The van der Waals surface area contributed by atoms with Gasteiger partial charge in [0, 0.05) is 6.04 Å². The predicted octanol–water partition coefficient (Wildman–Crippen LogP) is 3.90. The number of rotatable bonds is 6. The van der Waals surface area contributed by atoms with E-state index in [0.717, 1.165) is 25.7 Å². The summed E-state index contributed by atoms with van der Waals surface area (Å²) in [5.41, 5.74) is 3.70. The van der Waals surface area contributed by atoms with Gasteiger partial charge in [-0.15, -0.1) is 11.3 Å². The van der Waals surface area contributed by atoms with Crippen LogP contribution in [0.1, 0.15) is 60.7 Å². The van der Waals surface area contributed by atoms with Crippen LogP contribution in [-0.4, -0.2) is 26.1 Å². The summed E-state index contributed by atoms with van der Waals surface area (Å²) in [5, 5.41) is 5.93. The van der Waals surface area contributed by atoms with E-state index in [1.807, 2.05) is 5.38 Å². The number of thiophene rings is 1. The molecule has 0 spiro atoms. The summed E-state index contributed by atoms with van der Waals surface area (Å²) < 4.78 is 28.4. The van der Waals surface area contributed by atoms with Gasteiger partial charge < -0.3 is 0 Å². The van der Waals surface area contributed by atoms with E-state index in [2.05, 4.69) is 15.2 Å². The fourth-order valence-corrected chi connectivity index (χ4v) is 5.20. The summed E-state index contributed by atoms with van der Waals surface area (Å²) in [6, 6.07) is 10.2. The number of amides is 1. The van der Waals surface area contributed by atoms with Crippen molar-refractivity contribution in [1.82, 2.24) is 10.1 Å². The van der Waals surface area contributed by atoms with Gasteiger partial charge in [-0.1, -0.05) is 43.9 Å². The minimum Gasteiger partial charge on any atom is -0.266 e. The lowest BCUT2D eigenvalue weighted by Crippen LogP contribution is -2.34. The first-order valence-corrected chi connectivity index (χ1v) is 11.8. The Bertz CT molecular complexity index is 929. The minimum atomic E-state index is -3.59. The molecule has 0 aliphatic heterocycles. The number of nitrogens with one attached hydrogen (secondary N) is 2. The predicted molar refractivity (Wildman–Crippen MR) is 112 cm³/mol. The fourth-order valence-electron chi connectivity index (χ4n) is 3.24. The van der Waals surface area contributed by atoms with Gasteiger partial charge in [-0.2, -0.15) is 5.10 Å². The van der Waals surface area contributed by atoms with Crippen molar-refractivity contribution in [2.24, 2.45) is 5.10 Å². The zero-order chi connectivity index (χ0) is 20.0. The summed E-state index contributed by atoms with van der Waals surface area (Å²) in [4.78, 5) is 12.8. The maximum Gasteiger partial charge on any atom is 0.281 e. The summed E-state index contributed by atoms with van der Waals surface area (Å²) in [6.45, 7) is 1.74. The Morgan fingerprint density at radius 1 is 1.11 bits per heavy atom. The van der Waals surface area contributed by atoms with Crippen molar-refractivity contribution in [3.63, 3.8) is 0 Å². The molecule has 28 heavy (non-hydrogen) atoms. The van der Waals surface area contributed by atoms with Crippen LogP contribution < -0.4 is 10.1 Å². The van der Waals surface area contributed by atoms with E-state index in [-0.39, 0.29) is 16.8 Å². The zero-order valence-electron chi connectivity index (χ0n) is 15.8. The fraction of sp³-hybridized carbons (Fsp3) is 0.400. The third-order valence-electron chi connectivity index (χ3n) is 4.81. The molecule has 1 amide bonds. The molecule has 0 unspecified atom stereocenters. The monoisotopic (exact) mass is 419 g/mol. The maximum atomic E-state index is 12.8. The Hall–Kier alpha value is -2.03. The lowest BCUT2D eigenvalue weighted by atomic mass is 10.1. The summed E-state index contributed by atoms with van der Waals surface area (Å²) >= 11 is 1.33. The third kappa shape index (κ3) is 5.50. The number of carbonyl (C=O) groups excluding carboxylic acids is 1. The van der Waals surface area contributed by atoms with Gasteiger partial charge in [-0.05, 0) is 48.9 Å². The molecule has 1 heterocycles. The van der Waals surface area contributed by atoms with Crippen LogP contribution in [0.25, 0.3) is 0 Å². The smallest absolute Gasteiger partial charge is 0.266 e. The van der Waals surface area contributed by atoms with Gasteiger partial charge in [0.2, 0.25) is 10.0 Å². The molecule has 0 radical (unpaired) electrons. The maximum absolute atomic E-state index is 12.8. The van der Waals surface area contributed by atoms with Gasteiger partial charge >= 0.3 is 0 Å². The van der Waals surface area contributed by atoms with Crippen molar-refractivity contribution >= 4 is 33.0 Å². The molecule has 2 N–H and O–H groups in total. The topological polar surface area (TPSA) is 87.6 Å². The van der Waals surface area contributed by atoms with Crippen molar-refractivity contribution in [1.29, 1.82) is 0 Å². The van der Waals surface area contributed by atoms with E-state index in [4.69, 9.17) is 0 Å². The van der Waals surface area contributed by atoms with Crippen molar-refractivity contribution in [3.05, 3.63) is 52.2 Å². The van der Waals surface area contributed by atoms with Crippen molar-refractivity contribution < 1.29 is 13.2 Å². The van der Waals surface area contributed by atoms with Crippen LogP contribution in [0.2, 0.25) is 0 Å². The molecule has 0 bridgehead atoms. The number of nitrogens with zero attached hydrogens (tertiary/aromatic N) is 1. The number of sulfonamides is 1. The van der Waals surface area contributed by atoms with Gasteiger partial charge in [0.05, 0.1) is 15.5 Å². The number of hydrogen-bond acceptors (Lipinski definition) is 5. The van der Waals surface area contributed by atoms with Crippen molar-refractivity contribution in [3.8, 4) is 0 Å². The first-order valence-electron chi connectivity index (χ1n) is 9.46. The summed E-state index contributed by atoms with van der Waals surface area (Å²) in [6.07, 6.45) is 6.22. The first kappa shape index (κ1) is 20.7. The van der Waals surface area contributed by atoms with Gasteiger partial charge in [0.15, 0.2) is 0 Å². The number of hydrazone groups is 1. The lowest BCUT2D eigenvalue weighted by Gasteiger charge is -2.16. The van der Waals surface area contributed by atoms with E-state index in [1.54, 1.807) is 43.3 Å². The Kier molecular flexibility index (Phi) is 6.98. The van der Waals surface area contributed by atoms with E-state index >= 15 is 0 Å². The SMILES string of the molecule is C/C(=N/NC(=O)c1cccs1)c1cccc(S(=O)(=O)NC2CCCCCC2)c1. The Balaban J connectivity index is 1.71. The Morgan fingerprint density at radius 3 is 2.54 bits per heavy atom. The molecule has 1 saturated carbocycles. The minimum absolute atomic E-state index is 0.00370. The second-order valence-electron chi connectivity index (χ2n) is 6.95. The largest absolute Gasteiger partial charge is 0.281 e. The Labute approximate surface area is 170 Å². The van der Waals surface area contributed by atoms with Crippen LogP contribution in [0, 0.1) is 0 Å². The van der Waals surface area contributed by atoms with Crippen molar-refractivity contribution in [2.45, 2.75) is 56.4 Å². The molecule has 6 nitrogen and oxygen atoms in total. The lowest BCUT2D eigenvalue weighted by molar-refractivity contribution is 0.0959. The Morgan fingerprint density at radius 2 is 1.86 bits per heavy atom. The molecule has 1 aromatic heterocycles. The number of hydrogen-bond donors (Lipinski definition) is 2. The molecule has 2 aromatic rings. The molecular formula is C20H25N3O3S2. The molecular weight excluding hydrogens is 394 g/mol. The van der Waals surface area contributed by atoms with Gasteiger partial charge in [-0.25, -0.2) is 18.6 Å². The second kappa shape index (κ2) is 9.45. The third-order valence-corrected chi connectivity index (χ3v) is 7.20. The van der Waals surface area contributed by atoms with Gasteiger partial charge in [-0.3, -0.25) is 4.79 Å². The molecule has 150 valence electrons. The van der Waals surface area contributed by atoms with E-state index in [9.17, 15) is 13.2 Å². The molecule has 1 aromatic carbocycles. The van der Waals surface area contributed by atoms with E-state index < -0.39 is 10.0 Å². The zero-order valence-corrected chi connectivity index (χ0v) is 17.5. The second-order valence-corrected chi connectivity index (χ2v) is 9.61. The van der Waals surface area contributed by atoms with E-state index in [0.29, 0.717) is 16.2 Å². The normalized spacial score (nSPS) is 16.5. The van der Waals surface area contributed by atoms with Crippen molar-refractivity contribution in [2.75, 3.05) is 0 Å². The highest BCUT2D eigenvalue weighted by molar-refractivity contribution is 7.89.